The summed E-state index contributed by atoms with van der Waals surface area (Å²) in [6.07, 6.45) is 7.72. The highest BCUT2D eigenvalue weighted by atomic mass is 15.2. The Kier molecular flexibility index (Phi) is 3.47. The normalized spacial score (nSPS) is 18.8. The molecule has 1 aromatic carbocycles. The van der Waals surface area contributed by atoms with E-state index in [0.717, 1.165) is 23.5 Å². The molecule has 1 saturated heterocycles. The third-order valence-corrected chi connectivity index (χ3v) is 4.12. The molecule has 1 aliphatic rings. The molecule has 0 bridgehead atoms. The second kappa shape index (κ2) is 5.42. The highest BCUT2D eigenvalue weighted by Gasteiger charge is 2.21. The van der Waals surface area contributed by atoms with Gasteiger partial charge >= 0.3 is 0 Å². The van der Waals surface area contributed by atoms with Gasteiger partial charge in [-0.2, -0.15) is 5.26 Å². The van der Waals surface area contributed by atoms with Crippen LogP contribution in [0.4, 0.5) is 5.69 Å². The SMILES string of the molecule is C[C@H]1CCCCN1c1ccc(-n2cccc2)cc1C#N. The first kappa shape index (κ1) is 12.8. The lowest BCUT2D eigenvalue weighted by molar-refractivity contribution is 0.484. The molecule has 2 heterocycles. The van der Waals surface area contributed by atoms with E-state index in [-0.39, 0.29) is 0 Å². The quantitative estimate of drug-likeness (QED) is 0.828. The van der Waals surface area contributed by atoms with Crippen molar-refractivity contribution >= 4 is 5.69 Å². The molecule has 1 aromatic heterocycles. The van der Waals surface area contributed by atoms with E-state index in [0.29, 0.717) is 6.04 Å². The van der Waals surface area contributed by atoms with Gasteiger partial charge in [-0.25, -0.2) is 0 Å². The van der Waals surface area contributed by atoms with Crippen LogP contribution in [0.5, 0.6) is 0 Å². The van der Waals surface area contributed by atoms with Crippen LogP contribution in [0.25, 0.3) is 5.69 Å². The van der Waals surface area contributed by atoms with Gasteiger partial charge in [-0.15, -0.1) is 0 Å². The van der Waals surface area contributed by atoms with Crippen molar-refractivity contribution in [2.75, 3.05) is 11.4 Å². The summed E-state index contributed by atoms with van der Waals surface area (Å²) in [6.45, 7) is 3.30. The smallest absolute Gasteiger partial charge is 0.101 e. The fourth-order valence-corrected chi connectivity index (χ4v) is 2.99. The zero-order valence-electron chi connectivity index (χ0n) is 11.8. The number of rotatable bonds is 2. The number of aromatic nitrogens is 1. The van der Waals surface area contributed by atoms with Crippen LogP contribution in [0, 0.1) is 11.3 Å². The van der Waals surface area contributed by atoms with Crippen LogP contribution in [0.1, 0.15) is 31.7 Å². The standard InChI is InChI=1S/C17H19N3/c1-14-6-2-3-11-20(14)17-8-7-16(12-15(17)13-18)19-9-4-5-10-19/h4-5,7-10,12,14H,2-3,6,11H2,1H3/t14-/m0/s1. The Morgan fingerprint density at radius 3 is 2.70 bits per heavy atom. The number of hydrogen-bond acceptors (Lipinski definition) is 2. The zero-order valence-corrected chi connectivity index (χ0v) is 11.8. The van der Waals surface area contributed by atoms with Crippen LogP contribution in [0.15, 0.2) is 42.7 Å². The fourth-order valence-electron chi connectivity index (χ4n) is 2.99. The maximum atomic E-state index is 9.47. The van der Waals surface area contributed by atoms with Crippen LogP contribution in [0.2, 0.25) is 0 Å². The number of nitrogens with zero attached hydrogens (tertiary/aromatic N) is 3. The molecule has 3 heteroatoms. The molecule has 1 aliphatic heterocycles. The monoisotopic (exact) mass is 265 g/mol. The van der Waals surface area contributed by atoms with Crippen LogP contribution in [0.3, 0.4) is 0 Å². The lowest BCUT2D eigenvalue weighted by atomic mass is 10.0. The Bertz CT molecular complexity index is 622. The Balaban J connectivity index is 1.98. The molecule has 1 atom stereocenters. The molecule has 0 spiro atoms. The molecule has 0 aliphatic carbocycles. The third kappa shape index (κ3) is 2.30. The van der Waals surface area contributed by atoms with E-state index in [2.05, 4.69) is 30.0 Å². The molecule has 3 nitrogen and oxygen atoms in total. The Morgan fingerprint density at radius 1 is 1.20 bits per heavy atom. The minimum absolute atomic E-state index is 0.522. The van der Waals surface area contributed by atoms with Crippen molar-refractivity contribution in [2.24, 2.45) is 0 Å². The first-order valence-corrected chi connectivity index (χ1v) is 7.24. The van der Waals surface area contributed by atoms with Gasteiger partial charge in [-0.1, -0.05) is 0 Å². The predicted molar refractivity (Wildman–Crippen MR) is 81.1 cm³/mol. The Hall–Kier alpha value is -2.21. The topological polar surface area (TPSA) is 32.0 Å². The molecular formula is C17H19N3. The molecule has 2 aromatic rings. The van der Waals surface area contributed by atoms with Crippen LogP contribution in [-0.2, 0) is 0 Å². The number of piperidine rings is 1. The van der Waals surface area contributed by atoms with Gasteiger partial charge in [0.15, 0.2) is 0 Å². The molecule has 3 rings (SSSR count). The van der Waals surface area contributed by atoms with Crippen LogP contribution >= 0.6 is 0 Å². The van der Waals surface area contributed by atoms with Gasteiger partial charge in [0.2, 0.25) is 0 Å². The molecular weight excluding hydrogens is 246 g/mol. The summed E-state index contributed by atoms with van der Waals surface area (Å²) in [7, 11) is 0. The molecule has 0 N–H and O–H groups in total. The van der Waals surface area contributed by atoms with Gasteiger partial charge in [0, 0.05) is 30.7 Å². The van der Waals surface area contributed by atoms with E-state index >= 15 is 0 Å². The summed E-state index contributed by atoms with van der Waals surface area (Å²) in [4.78, 5) is 2.38. The predicted octanol–water partition coefficient (Wildman–Crippen LogP) is 3.73. The molecule has 102 valence electrons. The van der Waals surface area contributed by atoms with Crippen molar-refractivity contribution in [3.63, 3.8) is 0 Å². The van der Waals surface area contributed by atoms with Crippen LogP contribution < -0.4 is 4.90 Å². The molecule has 0 saturated carbocycles. The number of benzene rings is 1. The van der Waals surface area contributed by atoms with E-state index in [4.69, 9.17) is 0 Å². The van der Waals surface area contributed by atoms with Crippen molar-refractivity contribution in [1.82, 2.24) is 4.57 Å². The van der Waals surface area contributed by atoms with Gasteiger partial charge in [0.25, 0.3) is 0 Å². The van der Waals surface area contributed by atoms with Gasteiger partial charge in [0.05, 0.1) is 11.3 Å². The lowest BCUT2D eigenvalue weighted by Crippen LogP contribution is -2.37. The van der Waals surface area contributed by atoms with E-state index in [1.807, 2.05) is 35.2 Å². The van der Waals surface area contributed by atoms with Gasteiger partial charge in [0.1, 0.15) is 6.07 Å². The van der Waals surface area contributed by atoms with Crippen LogP contribution in [-0.4, -0.2) is 17.2 Å². The zero-order chi connectivity index (χ0) is 13.9. The minimum Gasteiger partial charge on any atom is -0.368 e. The van der Waals surface area contributed by atoms with E-state index in [9.17, 15) is 5.26 Å². The molecule has 0 radical (unpaired) electrons. The highest BCUT2D eigenvalue weighted by molar-refractivity contribution is 5.63. The van der Waals surface area contributed by atoms with E-state index in [1.165, 1.54) is 19.3 Å². The van der Waals surface area contributed by atoms with Crippen molar-refractivity contribution in [2.45, 2.75) is 32.2 Å². The van der Waals surface area contributed by atoms with Crippen molar-refractivity contribution in [3.05, 3.63) is 48.3 Å². The average molecular weight is 265 g/mol. The average Bonchev–Trinajstić information content (AvgIpc) is 3.01. The maximum Gasteiger partial charge on any atom is 0.101 e. The van der Waals surface area contributed by atoms with Crippen molar-refractivity contribution < 1.29 is 0 Å². The fraction of sp³-hybridized carbons (Fsp3) is 0.353. The second-order valence-corrected chi connectivity index (χ2v) is 5.44. The summed E-state index contributed by atoms with van der Waals surface area (Å²) in [5.41, 5.74) is 2.89. The first-order valence-electron chi connectivity index (χ1n) is 7.24. The molecule has 20 heavy (non-hydrogen) atoms. The summed E-state index contributed by atoms with van der Waals surface area (Å²) < 4.78 is 2.03. The van der Waals surface area contributed by atoms with Gasteiger partial charge in [-0.05, 0) is 56.5 Å². The van der Waals surface area contributed by atoms with E-state index in [1.54, 1.807) is 0 Å². The van der Waals surface area contributed by atoms with E-state index < -0.39 is 0 Å². The molecule has 0 amide bonds. The number of hydrogen-bond donors (Lipinski definition) is 0. The number of nitriles is 1. The minimum atomic E-state index is 0.522. The first-order chi connectivity index (χ1) is 9.79. The highest BCUT2D eigenvalue weighted by Crippen LogP contribution is 2.29. The Morgan fingerprint density at radius 2 is 2.00 bits per heavy atom. The van der Waals surface area contributed by atoms with Gasteiger partial charge < -0.3 is 9.47 Å². The summed E-state index contributed by atoms with van der Waals surface area (Å²) >= 11 is 0. The van der Waals surface area contributed by atoms with Crippen molar-refractivity contribution in [1.29, 1.82) is 5.26 Å². The summed E-state index contributed by atoms with van der Waals surface area (Å²) in [6, 6.07) is 13.0. The van der Waals surface area contributed by atoms with Crippen molar-refractivity contribution in [3.8, 4) is 11.8 Å². The second-order valence-electron chi connectivity index (χ2n) is 5.44. The molecule has 0 unspecified atom stereocenters. The van der Waals surface area contributed by atoms with Gasteiger partial charge in [-0.3, -0.25) is 0 Å². The Labute approximate surface area is 120 Å². The summed E-state index contributed by atoms with van der Waals surface area (Å²) in [5.74, 6) is 0. The molecule has 1 fully saturated rings. The lowest BCUT2D eigenvalue weighted by Gasteiger charge is -2.36. The third-order valence-electron chi connectivity index (χ3n) is 4.12. The largest absolute Gasteiger partial charge is 0.368 e. The maximum absolute atomic E-state index is 9.47. The number of anilines is 1. The summed E-state index contributed by atoms with van der Waals surface area (Å²) in [5, 5.41) is 9.47.